The number of nitrogens with zero attached hydrogens (tertiary/aromatic N) is 2. The molecular weight excluding hydrogens is 322 g/mol. The normalized spacial score (nSPS) is 12.6. The number of hydrogen-bond donors (Lipinski definition) is 2. The van der Waals surface area contributed by atoms with E-state index in [1.807, 2.05) is 31.2 Å². The predicted molar refractivity (Wildman–Crippen MR) is 80.1 cm³/mol. The molecule has 0 spiro atoms. The molecule has 1 unspecified atom stereocenters. The summed E-state index contributed by atoms with van der Waals surface area (Å²) in [6.07, 6.45) is 1.25. The third kappa shape index (κ3) is 4.13. The van der Waals surface area contributed by atoms with Crippen molar-refractivity contribution in [3.8, 4) is 11.5 Å². The predicted octanol–water partition coefficient (Wildman–Crippen LogP) is 2.75. The lowest BCUT2D eigenvalue weighted by Gasteiger charge is -2.06. The summed E-state index contributed by atoms with van der Waals surface area (Å²) < 4.78 is 6.53. The molecule has 2 N–H and O–H groups in total. The van der Waals surface area contributed by atoms with Crippen molar-refractivity contribution in [2.45, 2.75) is 32.4 Å². The molecule has 20 heavy (non-hydrogen) atoms. The fourth-order valence-corrected chi connectivity index (χ4v) is 2.19. The van der Waals surface area contributed by atoms with E-state index in [9.17, 15) is 5.11 Å². The summed E-state index contributed by atoms with van der Waals surface area (Å²) in [6, 6.07) is 7.72. The summed E-state index contributed by atoms with van der Waals surface area (Å²) >= 11 is 3.46. The van der Waals surface area contributed by atoms with Gasteiger partial charge in [0.25, 0.3) is 0 Å². The summed E-state index contributed by atoms with van der Waals surface area (Å²) in [7, 11) is 0. The van der Waals surface area contributed by atoms with Gasteiger partial charge in [-0.15, -0.1) is 10.2 Å². The van der Waals surface area contributed by atoms with Crippen LogP contribution in [-0.4, -0.2) is 28.0 Å². The molecule has 0 aliphatic carbocycles. The van der Waals surface area contributed by atoms with Crippen LogP contribution in [0.1, 0.15) is 25.7 Å². The van der Waals surface area contributed by atoms with Crippen molar-refractivity contribution in [3.63, 3.8) is 0 Å². The first-order valence-corrected chi connectivity index (χ1v) is 7.46. The molecule has 0 radical (unpaired) electrons. The zero-order valence-corrected chi connectivity index (χ0v) is 12.9. The standard InChI is InChI=1S/C14H18BrN3O2/c1-2-10(19)7-8-16-9-13-17-18-14(20-13)11-5-3-4-6-12(11)15/h3-6,10,16,19H,2,7-9H2,1H3. The number of rotatable bonds is 7. The summed E-state index contributed by atoms with van der Waals surface area (Å²) in [5.41, 5.74) is 0.882. The molecule has 108 valence electrons. The highest BCUT2D eigenvalue weighted by molar-refractivity contribution is 9.10. The van der Waals surface area contributed by atoms with E-state index in [4.69, 9.17) is 4.42 Å². The van der Waals surface area contributed by atoms with E-state index in [0.717, 1.165) is 29.4 Å². The molecule has 1 aromatic carbocycles. The number of aromatic nitrogens is 2. The topological polar surface area (TPSA) is 71.2 Å². The van der Waals surface area contributed by atoms with Crippen molar-refractivity contribution in [1.82, 2.24) is 15.5 Å². The van der Waals surface area contributed by atoms with Crippen LogP contribution in [0, 0.1) is 0 Å². The highest BCUT2D eigenvalue weighted by Gasteiger charge is 2.10. The van der Waals surface area contributed by atoms with Gasteiger partial charge in [-0.3, -0.25) is 0 Å². The summed E-state index contributed by atoms with van der Waals surface area (Å²) in [4.78, 5) is 0. The first-order chi connectivity index (χ1) is 9.70. The van der Waals surface area contributed by atoms with Gasteiger partial charge < -0.3 is 14.8 Å². The van der Waals surface area contributed by atoms with Crippen LogP contribution in [0.3, 0.4) is 0 Å². The molecular formula is C14H18BrN3O2. The largest absolute Gasteiger partial charge is 0.419 e. The monoisotopic (exact) mass is 339 g/mol. The Morgan fingerprint density at radius 3 is 2.90 bits per heavy atom. The van der Waals surface area contributed by atoms with Crippen LogP contribution in [0.4, 0.5) is 0 Å². The van der Waals surface area contributed by atoms with E-state index in [-0.39, 0.29) is 6.10 Å². The van der Waals surface area contributed by atoms with E-state index in [0.29, 0.717) is 18.3 Å². The third-order valence-electron chi connectivity index (χ3n) is 2.97. The molecule has 0 bridgehead atoms. The summed E-state index contributed by atoms with van der Waals surface area (Å²) in [5.74, 6) is 1.05. The molecule has 0 fully saturated rings. The van der Waals surface area contributed by atoms with Crippen LogP contribution >= 0.6 is 15.9 Å². The Morgan fingerprint density at radius 1 is 1.35 bits per heavy atom. The molecule has 0 saturated heterocycles. The zero-order valence-electron chi connectivity index (χ0n) is 11.3. The van der Waals surface area contributed by atoms with Gasteiger partial charge in [-0.05, 0) is 47.4 Å². The minimum atomic E-state index is -0.249. The minimum absolute atomic E-state index is 0.249. The van der Waals surface area contributed by atoms with Gasteiger partial charge in [-0.25, -0.2) is 0 Å². The molecule has 0 saturated carbocycles. The van der Waals surface area contributed by atoms with Gasteiger partial charge >= 0.3 is 0 Å². The number of nitrogens with one attached hydrogen (secondary N) is 1. The highest BCUT2D eigenvalue weighted by atomic mass is 79.9. The fourth-order valence-electron chi connectivity index (χ4n) is 1.74. The maximum Gasteiger partial charge on any atom is 0.248 e. The highest BCUT2D eigenvalue weighted by Crippen LogP contribution is 2.26. The van der Waals surface area contributed by atoms with Crippen LogP contribution in [0.2, 0.25) is 0 Å². The zero-order chi connectivity index (χ0) is 14.4. The average molecular weight is 340 g/mol. The molecule has 1 heterocycles. The quantitative estimate of drug-likeness (QED) is 0.759. The fraction of sp³-hybridized carbons (Fsp3) is 0.429. The molecule has 0 amide bonds. The van der Waals surface area contributed by atoms with Crippen LogP contribution in [0.5, 0.6) is 0 Å². The van der Waals surface area contributed by atoms with Gasteiger partial charge in [0.15, 0.2) is 0 Å². The SMILES string of the molecule is CCC(O)CCNCc1nnc(-c2ccccc2Br)o1. The van der Waals surface area contributed by atoms with Gasteiger partial charge in [-0.2, -0.15) is 0 Å². The summed E-state index contributed by atoms with van der Waals surface area (Å²) in [5, 5.41) is 20.7. The van der Waals surface area contributed by atoms with Gasteiger partial charge in [0.05, 0.1) is 18.2 Å². The molecule has 0 aliphatic heterocycles. The number of halogens is 1. The Morgan fingerprint density at radius 2 is 2.15 bits per heavy atom. The number of hydrogen-bond acceptors (Lipinski definition) is 5. The van der Waals surface area contributed by atoms with Crippen LogP contribution in [-0.2, 0) is 6.54 Å². The lowest BCUT2D eigenvalue weighted by atomic mass is 10.2. The second-order valence-electron chi connectivity index (χ2n) is 4.51. The van der Waals surface area contributed by atoms with Gasteiger partial charge in [0, 0.05) is 4.47 Å². The Labute approximate surface area is 126 Å². The van der Waals surface area contributed by atoms with Crippen LogP contribution in [0.15, 0.2) is 33.2 Å². The van der Waals surface area contributed by atoms with E-state index in [1.165, 1.54) is 0 Å². The first-order valence-electron chi connectivity index (χ1n) is 6.66. The van der Waals surface area contributed by atoms with E-state index < -0.39 is 0 Å². The van der Waals surface area contributed by atoms with Crippen molar-refractivity contribution in [2.24, 2.45) is 0 Å². The third-order valence-corrected chi connectivity index (χ3v) is 3.66. The van der Waals surface area contributed by atoms with Crippen LogP contribution < -0.4 is 5.32 Å². The average Bonchev–Trinajstić information content (AvgIpc) is 2.92. The molecule has 1 atom stereocenters. The minimum Gasteiger partial charge on any atom is -0.419 e. The molecule has 2 rings (SSSR count). The smallest absolute Gasteiger partial charge is 0.248 e. The first kappa shape index (κ1) is 15.2. The van der Waals surface area contributed by atoms with Crippen molar-refractivity contribution < 1.29 is 9.52 Å². The van der Waals surface area contributed by atoms with Gasteiger partial charge in [0.2, 0.25) is 11.8 Å². The van der Waals surface area contributed by atoms with Crippen molar-refractivity contribution >= 4 is 15.9 Å². The van der Waals surface area contributed by atoms with Gasteiger partial charge in [-0.1, -0.05) is 19.1 Å². The molecule has 1 aromatic heterocycles. The van der Waals surface area contributed by atoms with Crippen molar-refractivity contribution in [1.29, 1.82) is 0 Å². The number of benzene rings is 1. The maximum atomic E-state index is 9.44. The van der Waals surface area contributed by atoms with Crippen molar-refractivity contribution in [3.05, 3.63) is 34.6 Å². The number of aliphatic hydroxyl groups excluding tert-OH is 1. The summed E-state index contributed by atoms with van der Waals surface area (Å²) in [6.45, 7) is 3.20. The second kappa shape index (κ2) is 7.52. The lowest BCUT2D eigenvalue weighted by molar-refractivity contribution is 0.159. The number of aliphatic hydroxyl groups is 1. The van der Waals surface area contributed by atoms with E-state index >= 15 is 0 Å². The molecule has 2 aromatic rings. The Kier molecular flexibility index (Phi) is 5.70. The Hall–Kier alpha value is -1.24. The molecule has 5 nitrogen and oxygen atoms in total. The Balaban J connectivity index is 1.88. The van der Waals surface area contributed by atoms with E-state index in [1.54, 1.807) is 0 Å². The Bertz CT molecular complexity index is 545. The van der Waals surface area contributed by atoms with Crippen molar-refractivity contribution in [2.75, 3.05) is 6.54 Å². The maximum absolute atomic E-state index is 9.44. The lowest BCUT2D eigenvalue weighted by Crippen LogP contribution is -2.19. The van der Waals surface area contributed by atoms with Crippen LogP contribution in [0.25, 0.3) is 11.5 Å². The second-order valence-corrected chi connectivity index (χ2v) is 5.36. The van der Waals surface area contributed by atoms with Gasteiger partial charge in [0.1, 0.15) is 0 Å². The van der Waals surface area contributed by atoms with E-state index in [2.05, 4.69) is 31.4 Å². The molecule has 0 aliphatic rings. The molecule has 6 heteroatoms.